The van der Waals surface area contributed by atoms with E-state index in [4.69, 9.17) is 11.6 Å². The molecule has 3 nitrogen and oxygen atoms in total. The number of ether oxygens (including phenoxy) is 1. The Morgan fingerprint density at radius 3 is 2.64 bits per heavy atom. The number of hydrogen-bond acceptors (Lipinski definition) is 3. The molecule has 0 bridgehead atoms. The van der Waals surface area contributed by atoms with Crippen LogP contribution in [-0.4, -0.2) is 18.9 Å². The average Bonchev–Trinajstić information content (AvgIpc) is 2.19. The minimum atomic E-state index is -0.884. The second-order valence-electron chi connectivity index (χ2n) is 2.44. The summed E-state index contributed by atoms with van der Waals surface area (Å²) in [5.74, 6) is -1.57. The number of carbonyl (C=O) groups excluding carboxylic acids is 2. The number of esters is 1. The third-order valence-electron chi connectivity index (χ3n) is 1.54. The molecule has 0 aliphatic carbocycles. The largest absolute Gasteiger partial charge is 0.463 e. The molecule has 0 unspecified atom stereocenters. The Kier molecular flexibility index (Phi) is 3.88. The van der Waals surface area contributed by atoms with Crippen LogP contribution in [0.1, 0.15) is 10.4 Å². The summed E-state index contributed by atoms with van der Waals surface area (Å²) in [6, 6.07) is 4.76. The van der Waals surface area contributed by atoms with E-state index in [1.807, 2.05) is 22.6 Å². The van der Waals surface area contributed by atoms with E-state index in [9.17, 15) is 9.59 Å². The highest BCUT2D eigenvalue weighted by molar-refractivity contribution is 14.1. The van der Waals surface area contributed by atoms with Gasteiger partial charge in [-0.05, 0) is 40.8 Å². The molecule has 0 aliphatic rings. The van der Waals surface area contributed by atoms with E-state index in [-0.39, 0.29) is 5.56 Å². The number of carbonyl (C=O) groups is 2. The lowest BCUT2D eigenvalue weighted by Crippen LogP contribution is -2.16. The average molecular weight is 325 g/mol. The van der Waals surface area contributed by atoms with Crippen molar-refractivity contribution in [2.75, 3.05) is 7.11 Å². The molecule has 0 spiro atoms. The number of Topliss-reactive ketones (excluding diaryl/α,β-unsaturated/α-hetero) is 1. The minimum Gasteiger partial charge on any atom is -0.463 e. The Labute approximate surface area is 99.5 Å². The number of ketones is 1. The van der Waals surface area contributed by atoms with Crippen LogP contribution >= 0.6 is 34.2 Å². The van der Waals surface area contributed by atoms with Gasteiger partial charge in [-0.3, -0.25) is 4.79 Å². The molecule has 0 atom stereocenters. The van der Waals surface area contributed by atoms with Gasteiger partial charge in [-0.25, -0.2) is 4.79 Å². The molecule has 0 saturated carbocycles. The SMILES string of the molecule is COC(=O)C(=O)c1cc(Cl)ccc1I. The third kappa shape index (κ3) is 2.45. The molecule has 1 aromatic rings. The molecule has 0 aromatic heterocycles. The molecule has 0 heterocycles. The number of methoxy groups -OCH3 is 1. The summed E-state index contributed by atoms with van der Waals surface area (Å²) in [5.41, 5.74) is 0.268. The second-order valence-corrected chi connectivity index (χ2v) is 4.04. The van der Waals surface area contributed by atoms with Crippen LogP contribution in [0.15, 0.2) is 18.2 Å². The Hall–Kier alpha value is -0.620. The van der Waals surface area contributed by atoms with E-state index in [1.54, 1.807) is 12.1 Å². The fourth-order valence-electron chi connectivity index (χ4n) is 0.874. The summed E-state index contributed by atoms with van der Waals surface area (Å²) in [6.07, 6.45) is 0. The van der Waals surface area contributed by atoms with Crippen molar-refractivity contribution in [1.29, 1.82) is 0 Å². The van der Waals surface area contributed by atoms with E-state index in [0.717, 1.165) is 7.11 Å². The van der Waals surface area contributed by atoms with Gasteiger partial charge in [0.05, 0.1) is 7.11 Å². The first kappa shape index (κ1) is 11.5. The maximum atomic E-state index is 11.4. The highest BCUT2D eigenvalue weighted by Gasteiger charge is 2.19. The zero-order valence-corrected chi connectivity index (χ0v) is 10.1. The van der Waals surface area contributed by atoms with Crippen molar-refractivity contribution in [3.05, 3.63) is 32.4 Å². The van der Waals surface area contributed by atoms with Gasteiger partial charge >= 0.3 is 5.97 Å². The highest BCUT2D eigenvalue weighted by atomic mass is 127. The number of halogens is 2. The van der Waals surface area contributed by atoms with Gasteiger partial charge < -0.3 is 4.74 Å². The van der Waals surface area contributed by atoms with Crippen LogP contribution in [0.3, 0.4) is 0 Å². The van der Waals surface area contributed by atoms with E-state index in [0.29, 0.717) is 8.59 Å². The van der Waals surface area contributed by atoms with Gasteiger partial charge in [0.15, 0.2) is 0 Å². The molecule has 1 rings (SSSR count). The van der Waals surface area contributed by atoms with Crippen molar-refractivity contribution in [2.24, 2.45) is 0 Å². The Bertz CT molecular complexity index is 390. The molecule has 0 aliphatic heterocycles. The lowest BCUT2D eigenvalue weighted by atomic mass is 10.1. The number of hydrogen-bond donors (Lipinski definition) is 0. The fourth-order valence-corrected chi connectivity index (χ4v) is 1.63. The summed E-state index contributed by atoms with van der Waals surface area (Å²) < 4.78 is 5.00. The fraction of sp³-hybridized carbons (Fsp3) is 0.111. The summed E-state index contributed by atoms with van der Waals surface area (Å²) >= 11 is 7.66. The van der Waals surface area contributed by atoms with Crippen LogP contribution in [0.2, 0.25) is 5.02 Å². The van der Waals surface area contributed by atoms with Crippen molar-refractivity contribution >= 4 is 45.9 Å². The Morgan fingerprint density at radius 2 is 2.07 bits per heavy atom. The molecule has 1 aromatic carbocycles. The van der Waals surface area contributed by atoms with Crippen molar-refractivity contribution in [3.63, 3.8) is 0 Å². The second kappa shape index (κ2) is 4.75. The van der Waals surface area contributed by atoms with E-state index in [2.05, 4.69) is 4.74 Å². The molecule has 0 saturated heterocycles. The first-order chi connectivity index (χ1) is 6.56. The van der Waals surface area contributed by atoms with Crippen molar-refractivity contribution in [3.8, 4) is 0 Å². The van der Waals surface area contributed by atoms with Gasteiger partial charge in [0.2, 0.25) is 0 Å². The van der Waals surface area contributed by atoms with Crippen LogP contribution in [0, 0.1) is 3.57 Å². The van der Waals surface area contributed by atoms with Gasteiger partial charge in [0.1, 0.15) is 0 Å². The van der Waals surface area contributed by atoms with E-state index < -0.39 is 11.8 Å². The Morgan fingerprint density at radius 1 is 1.43 bits per heavy atom. The number of benzene rings is 1. The summed E-state index contributed by atoms with van der Waals surface area (Å²) in [5, 5.41) is 0.415. The smallest absolute Gasteiger partial charge is 0.379 e. The minimum absolute atomic E-state index is 0.268. The first-order valence-electron chi connectivity index (χ1n) is 3.64. The topological polar surface area (TPSA) is 43.4 Å². The predicted molar refractivity (Wildman–Crippen MR) is 60.5 cm³/mol. The summed E-state index contributed by atoms with van der Waals surface area (Å²) in [7, 11) is 1.16. The number of rotatable bonds is 2. The van der Waals surface area contributed by atoms with Crippen molar-refractivity contribution in [1.82, 2.24) is 0 Å². The zero-order valence-electron chi connectivity index (χ0n) is 7.21. The molecular formula is C9H6ClIO3. The van der Waals surface area contributed by atoms with Crippen LogP contribution in [0.25, 0.3) is 0 Å². The van der Waals surface area contributed by atoms with Gasteiger partial charge in [-0.2, -0.15) is 0 Å². The molecule has 5 heteroatoms. The molecular weight excluding hydrogens is 318 g/mol. The van der Waals surface area contributed by atoms with Crippen molar-refractivity contribution in [2.45, 2.75) is 0 Å². The van der Waals surface area contributed by atoms with Crippen LogP contribution in [0.5, 0.6) is 0 Å². The van der Waals surface area contributed by atoms with E-state index >= 15 is 0 Å². The molecule has 0 radical (unpaired) electrons. The highest BCUT2D eigenvalue weighted by Crippen LogP contribution is 2.18. The van der Waals surface area contributed by atoms with E-state index in [1.165, 1.54) is 6.07 Å². The quantitative estimate of drug-likeness (QED) is 0.363. The first-order valence-corrected chi connectivity index (χ1v) is 5.09. The van der Waals surface area contributed by atoms with Crippen molar-refractivity contribution < 1.29 is 14.3 Å². The van der Waals surface area contributed by atoms with Gasteiger partial charge in [0.25, 0.3) is 5.78 Å². The van der Waals surface area contributed by atoms with Gasteiger partial charge in [0, 0.05) is 14.2 Å². The molecule has 0 amide bonds. The molecule has 0 fully saturated rings. The molecule has 14 heavy (non-hydrogen) atoms. The summed E-state index contributed by atoms with van der Waals surface area (Å²) in [6.45, 7) is 0. The predicted octanol–water partition coefficient (Wildman–Crippen LogP) is 2.30. The maximum absolute atomic E-state index is 11.4. The maximum Gasteiger partial charge on any atom is 0.379 e. The van der Waals surface area contributed by atoms with Gasteiger partial charge in [-0.1, -0.05) is 11.6 Å². The Balaban J connectivity index is 3.12. The zero-order chi connectivity index (χ0) is 10.7. The molecule has 74 valence electrons. The lowest BCUT2D eigenvalue weighted by molar-refractivity contribution is -0.135. The normalized spacial score (nSPS) is 9.64. The monoisotopic (exact) mass is 324 g/mol. The van der Waals surface area contributed by atoms with Gasteiger partial charge in [-0.15, -0.1) is 0 Å². The lowest BCUT2D eigenvalue weighted by Gasteiger charge is -2.02. The van der Waals surface area contributed by atoms with Crippen LogP contribution in [0.4, 0.5) is 0 Å². The third-order valence-corrected chi connectivity index (χ3v) is 2.72. The summed E-state index contributed by atoms with van der Waals surface area (Å²) in [4.78, 5) is 22.4. The standard InChI is InChI=1S/C9H6ClIO3/c1-14-9(13)8(12)6-4-5(10)2-3-7(6)11/h2-4H,1H3. The molecule has 0 N–H and O–H groups in total. The van der Waals surface area contributed by atoms with Crippen LogP contribution in [-0.2, 0) is 9.53 Å². The van der Waals surface area contributed by atoms with Crippen LogP contribution < -0.4 is 0 Å².